The third kappa shape index (κ3) is 4.85. The van der Waals surface area contributed by atoms with Gasteiger partial charge in [0, 0.05) is 34.3 Å². The lowest BCUT2D eigenvalue weighted by atomic mass is 9.94. The molecule has 1 saturated heterocycles. The van der Waals surface area contributed by atoms with E-state index in [0.717, 1.165) is 35.2 Å². The summed E-state index contributed by atoms with van der Waals surface area (Å²) in [5.74, 6) is 0.113. The third-order valence-electron chi connectivity index (χ3n) is 4.33. The molecule has 2 aromatic carbocycles. The Hall–Kier alpha value is -1.87. The van der Waals surface area contributed by atoms with Crippen LogP contribution in [0.5, 0.6) is 0 Å². The summed E-state index contributed by atoms with van der Waals surface area (Å²) in [5, 5.41) is 1.39. The number of nitrogens with zero attached hydrogens (tertiary/aromatic N) is 1. The molecule has 1 heterocycles. The second-order valence-corrected chi connectivity index (χ2v) is 7.35. The third-order valence-corrected chi connectivity index (χ3v) is 4.84. The van der Waals surface area contributed by atoms with Gasteiger partial charge in [-0.2, -0.15) is 0 Å². The summed E-state index contributed by atoms with van der Waals surface area (Å²) in [6.45, 7) is 4.46. The molecular weight excluding hydrogens is 365 g/mol. The predicted octanol–water partition coefficient (Wildman–Crippen LogP) is 5.76. The lowest BCUT2D eigenvalue weighted by Gasteiger charge is -2.29. The lowest BCUT2D eigenvalue weighted by molar-refractivity contribution is -0.113. The van der Waals surface area contributed by atoms with Gasteiger partial charge in [0.15, 0.2) is 5.78 Å². The number of carbonyl (C=O) groups excluding carboxylic acids is 1. The molecule has 3 rings (SSSR count). The second-order valence-electron chi connectivity index (χ2n) is 6.48. The number of hydrogen-bond acceptors (Lipinski definition) is 2. The van der Waals surface area contributed by atoms with Gasteiger partial charge in [0.05, 0.1) is 0 Å². The van der Waals surface area contributed by atoms with Crippen LogP contribution in [0, 0.1) is 0 Å². The van der Waals surface area contributed by atoms with Crippen molar-refractivity contribution in [2.75, 3.05) is 19.6 Å². The number of carbonyl (C=O) groups is 1. The van der Waals surface area contributed by atoms with Crippen LogP contribution in [0.3, 0.4) is 0 Å². The molecule has 1 aliphatic rings. The van der Waals surface area contributed by atoms with Crippen LogP contribution >= 0.6 is 23.2 Å². The largest absolute Gasteiger partial charge is 0.295 e. The van der Waals surface area contributed by atoms with Gasteiger partial charge in [-0.05, 0) is 60.5 Å². The SMILES string of the molecule is CCCN1C/C(=C/c2ccc(Cl)cc2)C(=O)/C(=C/c2ccc(Cl)cc2)C1. The Morgan fingerprint density at radius 3 is 1.65 bits per heavy atom. The number of rotatable bonds is 4. The highest BCUT2D eigenvalue weighted by Gasteiger charge is 2.25. The topological polar surface area (TPSA) is 20.3 Å². The van der Waals surface area contributed by atoms with Gasteiger partial charge < -0.3 is 0 Å². The fraction of sp³-hybridized carbons (Fsp3) is 0.227. The molecule has 0 bridgehead atoms. The maximum Gasteiger partial charge on any atom is 0.187 e. The van der Waals surface area contributed by atoms with Crippen molar-refractivity contribution in [3.8, 4) is 0 Å². The Morgan fingerprint density at radius 2 is 1.27 bits per heavy atom. The molecule has 26 heavy (non-hydrogen) atoms. The zero-order valence-electron chi connectivity index (χ0n) is 14.7. The van der Waals surface area contributed by atoms with Gasteiger partial charge in [-0.15, -0.1) is 0 Å². The van der Waals surface area contributed by atoms with Crippen LogP contribution in [0.25, 0.3) is 12.2 Å². The first-order valence-electron chi connectivity index (χ1n) is 8.74. The molecule has 0 radical (unpaired) electrons. The van der Waals surface area contributed by atoms with Crippen molar-refractivity contribution in [1.29, 1.82) is 0 Å². The molecule has 4 heteroatoms. The van der Waals surface area contributed by atoms with Gasteiger partial charge in [0.25, 0.3) is 0 Å². The molecule has 0 amide bonds. The summed E-state index contributed by atoms with van der Waals surface area (Å²) in [4.78, 5) is 15.3. The Labute approximate surface area is 164 Å². The highest BCUT2D eigenvalue weighted by molar-refractivity contribution is 6.30. The maximum absolute atomic E-state index is 13.0. The first-order valence-corrected chi connectivity index (χ1v) is 9.50. The fourth-order valence-electron chi connectivity index (χ4n) is 3.10. The van der Waals surface area contributed by atoms with Crippen molar-refractivity contribution in [2.45, 2.75) is 13.3 Å². The number of piperidine rings is 1. The number of benzene rings is 2. The molecule has 0 aliphatic carbocycles. The number of Topliss-reactive ketones (excluding diaryl/α,β-unsaturated/α-hetero) is 1. The van der Waals surface area contributed by atoms with E-state index in [-0.39, 0.29) is 5.78 Å². The number of ketones is 1. The summed E-state index contributed by atoms with van der Waals surface area (Å²) in [6, 6.07) is 15.1. The van der Waals surface area contributed by atoms with Crippen LogP contribution in [-0.4, -0.2) is 30.3 Å². The van der Waals surface area contributed by atoms with E-state index in [2.05, 4.69) is 11.8 Å². The van der Waals surface area contributed by atoms with Gasteiger partial charge in [-0.1, -0.05) is 54.4 Å². The smallest absolute Gasteiger partial charge is 0.187 e. The molecule has 2 aromatic rings. The van der Waals surface area contributed by atoms with Crippen molar-refractivity contribution in [3.63, 3.8) is 0 Å². The first-order chi connectivity index (χ1) is 12.5. The summed E-state index contributed by atoms with van der Waals surface area (Å²) >= 11 is 11.9. The van der Waals surface area contributed by atoms with E-state index >= 15 is 0 Å². The van der Waals surface area contributed by atoms with E-state index in [1.54, 1.807) is 0 Å². The van der Waals surface area contributed by atoms with Crippen LogP contribution in [-0.2, 0) is 4.79 Å². The average Bonchev–Trinajstić information content (AvgIpc) is 2.63. The van der Waals surface area contributed by atoms with E-state index in [1.165, 1.54) is 0 Å². The van der Waals surface area contributed by atoms with Gasteiger partial charge >= 0.3 is 0 Å². The van der Waals surface area contributed by atoms with Gasteiger partial charge in [-0.3, -0.25) is 9.69 Å². The minimum atomic E-state index is 0.113. The second kappa shape index (κ2) is 8.68. The normalized spacial score (nSPS) is 18.7. The molecule has 0 saturated carbocycles. The van der Waals surface area contributed by atoms with Gasteiger partial charge in [0.2, 0.25) is 0 Å². The molecule has 2 nitrogen and oxygen atoms in total. The molecule has 0 atom stereocenters. The first kappa shape index (κ1) is 18.9. The monoisotopic (exact) mass is 385 g/mol. The standard InChI is InChI=1S/C22H21Cl2NO/c1-2-11-25-14-18(12-16-3-7-20(23)8-4-16)22(26)19(15-25)13-17-5-9-21(24)10-6-17/h3-10,12-13H,2,11,14-15H2,1H3/b18-12-,19-13+. The zero-order valence-corrected chi connectivity index (χ0v) is 16.2. The lowest BCUT2D eigenvalue weighted by Crippen LogP contribution is -2.38. The highest BCUT2D eigenvalue weighted by atomic mass is 35.5. The molecule has 0 spiro atoms. The number of hydrogen-bond donors (Lipinski definition) is 0. The minimum absolute atomic E-state index is 0.113. The van der Waals surface area contributed by atoms with Crippen molar-refractivity contribution < 1.29 is 4.79 Å². The summed E-state index contributed by atoms with van der Waals surface area (Å²) in [5.41, 5.74) is 3.60. The van der Waals surface area contributed by atoms with E-state index in [1.807, 2.05) is 60.7 Å². The van der Waals surface area contributed by atoms with E-state index in [9.17, 15) is 4.79 Å². The number of halogens is 2. The molecule has 134 valence electrons. The Balaban J connectivity index is 1.93. The number of likely N-dealkylation sites (tertiary alicyclic amines) is 1. The van der Waals surface area contributed by atoms with Gasteiger partial charge in [-0.25, -0.2) is 0 Å². The molecule has 0 unspecified atom stereocenters. The van der Waals surface area contributed by atoms with E-state index in [0.29, 0.717) is 23.1 Å². The van der Waals surface area contributed by atoms with Crippen LogP contribution in [0.15, 0.2) is 59.7 Å². The Morgan fingerprint density at radius 1 is 0.846 bits per heavy atom. The Bertz CT molecular complexity index is 768. The fourth-order valence-corrected chi connectivity index (χ4v) is 3.36. The van der Waals surface area contributed by atoms with Crippen LogP contribution in [0.1, 0.15) is 24.5 Å². The summed E-state index contributed by atoms with van der Waals surface area (Å²) in [6.07, 6.45) is 4.99. The van der Waals surface area contributed by atoms with Gasteiger partial charge in [0.1, 0.15) is 0 Å². The van der Waals surface area contributed by atoms with Crippen molar-refractivity contribution in [3.05, 3.63) is 80.8 Å². The molecular formula is C22H21Cl2NO. The molecule has 0 aromatic heterocycles. The Kier molecular flexibility index (Phi) is 6.31. The zero-order chi connectivity index (χ0) is 18.5. The summed E-state index contributed by atoms with van der Waals surface area (Å²) < 4.78 is 0. The van der Waals surface area contributed by atoms with Crippen LogP contribution in [0.4, 0.5) is 0 Å². The van der Waals surface area contributed by atoms with Crippen LogP contribution < -0.4 is 0 Å². The molecule has 1 aliphatic heterocycles. The summed E-state index contributed by atoms with van der Waals surface area (Å²) in [7, 11) is 0. The molecule has 0 N–H and O–H groups in total. The highest BCUT2D eigenvalue weighted by Crippen LogP contribution is 2.23. The maximum atomic E-state index is 13.0. The van der Waals surface area contributed by atoms with Crippen molar-refractivity contribution >= 4 is 41.1 Å². The minimum Gasteiger partial charge on any atom is -0.295 e. The quantitative estimate of drug-likeness (QED) is 0.623. The van der Waals surface area contributed by atoms with E-state index in [4.69, 9.17) is 23.2 Å². The van der Waals surface area contributed by atoms with Crippen molar-refractivity contribution in [2.24, 2.45) is 0 Å². The van der Waals surface area contributed by atoms with Crippen LogP contribution in [0.2, 0.25) is 10.0 Å². The predicted molar refractivity (Wildman–Crippen MR) is 111 cm³/mol. The molecule has 1 fully saturated rings. The van der Waals surface area contributed by atoms with Crippen molar-refractivity contribution in [1.82, 2.24) is 4.90 Å². The average molecular weight is 386 g/mol. The van der Waals surface area contributed by atoms with E-state index < -0.39 is 0 Å².